The molecule has 86 valence electrons. The summed E-state index contributed by atoms with van der Waals surface area (Å²) in [5.41, 5.74) is 5.77. The first-order valence-corrected chi connectivity index (χ1v) is 5.17. The molecule has 3 N–H and O–H groups in total. The highest BCUT2D eigenvalue weighted by Crippen LogP contribution is 2.29. The Morgan fingerprint density at radius 1 is 1.56 bits per heavy atom. The fraction of sp³-hybridized carbons (Fsp3) is 0.300. The van der Waals surface area contributed by atoms with E-state index in [9.17, 15) is 4.39 Å². The SMILES string of the molecule is NC(=S)Nc1cccc(F)c1OC1COC1. The number of rotatable bonds is 3. The molecule has 0 aromatic heterocycles. The van der Waals surface area contributed by atoms with Crippen molar-refractivity contribution in [1.82, 2.24) is 0 Å². The van der Waals surface area contributed by atoms with Gasteiger partial charge < -0.3 is 20.5 Å². The number of hydrogen-bond acceptors (Lipinski definition) is 3. The monoisotopic (exact) mass is 242 g/mol. The average molecular weight is 242 g/mol. The van der Waals surface area contributed by atoms with Crippen LogP contribution < -0.4 is 15.8 Å². The second-order valence-corrected chi connectivity index (χ2v) is 3.82. The van der Waals surface area contributed by atoms with Crippen molar-refractivity contribution in [2.45, 2.75) is 6.10 Å². The van der Waals surface area contributed by atoms with Crippen molar-refractivity contribution >= 4 is 23.0 Å². The van der Waals surface area contributed by atoms with Gasteiger partial charge in [0, 0.05) is 0 Å². The van der Waals surface area contributed by atoms with E-state index in [0.717, 1.165) is 0 Å². The van der Waals surface area contributed by atoms with Crippen molar-refractivity contribution in [1.29, 1.82) is 0 Å². The summed E-state index contributed by atoms with van der Waals surface area (Å²) < 4.78 is 23.9. The van der Waals surface area contributed by atoms with Crippen LogP contribution in [0.5, 0.6) is 5.75 Å². The first-order chi connectivity index (χ1) is 7.66. The van der Waals surface area contributed by atoms with Gasteiger partial charge in [-0.05, 0) is 24.4 Å². The molecule has 1 fully saturated rings. The lowest BCUT2D eigenvalue weighted by Crippen LogP contribution is -2.39. The van der Waals surface area contributed by atoms with Crippen LogP contribution in [0.15, 0.2) is 18.2 Å². The minimum absolute atomic E-state index is 0.0697. The zero-order chi connectivity index (χ0) is 11.5. The van der Waals surface area contributed by atoms with E-state index in [0.29, 0.717) is 18.9 Å². The van der Waals surface area contributed by atoms with Crippen LogP contribution in [0.1, 0.15) is 0 Å². The first-order valence-electron chi connectivity index (χ1n) is 4.76. The molecule has 0 aliphatic carbocycles. The number of thiocarbonyl (C=S) groups is 1. The molecule has 0 unspecified atom stereocenters. The summed E-state index contributed by atoms with van der Waals surface area (Å²) in [6, 6.07) is 4.52. The third kappa shape index (κ3) is 2.40. The fourth-order valence-corrected chi connectivity index (χ4v) is 1.42. The van der Waals surface area contributed by atoms with Crippen LogP contribution in [0.2, 0.25) is 0 Å². The molecule has 0 spiro atoms. The van der Waals surface area contributed by atoms with E-state index in [2.05, 4.69) is 5.32 Å². The third-order valence-electron chi connectivity index (χ3n) is 2.12. The molecular formula is C10H11FN2O2S. The second kappa shape index (κ2) is 4.63. The Labute approximate surface area is 97.5 Å². The minimum atomic E-state index is -0.451. The summed E-state index contributed by atoms with van der Waals surface area (Å²) in [6.45, 7) is 0.946. The largest absolute Gasteiger partial charge is 0.480 e. The third-order valence-corrected chi connectivity index (χ3v) is 2.22. The van der Waals surface area contributed by atoms with Gasteiger partial charge in [-0.15, -0.1) is 0 Å². The number of ether oxygens (including phenoxy) is 2. The van der Waals surface area contributed by atoms with Gasteiger partial charge in [-0.2, -0.15) is 0 Å². The highest BCUT2D eigenvalue weighted by Gasteiger charge is 2.23. The predicted octanol–water partition coefficient (Wildman–Crippen LogP) is 1.26. The number of anilines is 1. The standard InChI is InChI=1S/C10H11FN2O2S/c11-7-2-1-3-8(13-10(12)16)9(7)15-6-4-14-5-6/h1-3,6H,4-5H2,(H3,12,13,16). The zero-order valence-corrected chi connectivity index (χ0v) is 9.22. The van der Waals surface area contributed by atoms with E-state index < -0.39 is 5.82 Å². The van der Waals surface area contributed by atoms with Crippen molar-refractivity contribution < 1.29 is 13.9 Å². The Kier molecular flexibility index (Phi) is 3.21. The molecule has 1 heterocycles. The Balaban J connectivity index is 2.20. The Bertz CT molecular complexity index is 410. The maximum absolute atomic E-state index is 13.5. The molecule has 16 heavy (non-hydrogen) atoms. The van der Waals surface area contributed by atoms with Crippen molar-refractivity contribution in [2.24, 2.45) is 5.73 Å². The molecule has 0 radical (unpaired) electrons. The molecule has 6 heteroatoms. The van der Waals surface area contributed by atoms with E-state index in [1.807, 2.05) is 0 Å². The summed E-state index contributed by atoms with van der Waals surface area (Å²) in [6.07, 6.45) is -0.108. The van der Waals surface area contributed by atoms with Gasteiger partial charge in [0.05, 0.1) is 18.9 Å². The average Bonchev–Trinajstić information content (AvgIpc) is 2.13. The lowest BCUT2D eigenvalue weighted by Gasteiger charge is -2.27. The van der Waals surface area contributed by atoms with Crippen LogP contribution in [0.4, 0.5) is 10.1 Å². The van der Waals surface area contributed by atoms with E-state index in [1.165, 1.54) is 6.07 Å². The van der Waals surface area contributed by atoms with Gasteiger partial charge in [0.2, 0.25) is 0 Å². The quantitative estimate of drug-likeness (QED) is 0.781. The molecular weight excluding hydrogens is 231 g/mol. The maximum atomic E-state index is 13.5. The van der Waals surface area contributed by atoms with Gasteiger partial charge in [0.15, 0.2) is 16.7 Å². The van der Waals surface area contributed by atoms with Crippen LogP contribution in [0.25, 0.3) is 0 Å². The molecule has 1 aliphatic heterocycles. The first kappa shape index (κ1) is 11.1. The molecule has 0 atom stereocenters. The number of para-hydroxylation sites is 1. The normalized spacial score (nSPS) is 15.3. The van der Waals surface area contributed by atoms with Gasteiger partial charge in [-0.25, -0.2) is 4.39 Å². The fourth-order valence-electron chi connectivity index (χ4n) is 1.31. The molecule has 1 aromatic rings. The van der Waals surface area contributed by atoms with Crippen molar-refractivity contribution in [3.8, 4) is 5.75 Å². The number of hydrogen-bond donors (Lipinski definition) is 2. The van der Waals surface area contributed by atoms with Crippen LogP contribution >= 0.6 is 12.2 Å². The zero-order valence-electron chi connectivity index (χ0n) is 8.40. The van der Waals surface area contributed by atoms with Gasteiger partial charge in [0.25, 0.3) is 0 Å². The van der Waals surface area contributed by atoms with Crippen LogP contribution in [-0.4, -0.2) is 24.4 Å². The highest BCUT2D eigenvalue weighted by molar-refractivity contribution is 7.80. The van der Waals surface area contributed by atoms with Crippen molar-refractivity contribution in [2.75, 3.05) is 18.5 Å². The minimum Gasteiger partial charge on any atom is -0.480 e. The van der Waals surface area contributed by atoms with Crippen LogP contribution in [0.3, 0.4) is 0 Å². The van der Waals surface area contributed by atoms with Gasteiger partial charge in [-0.1, -0.05) is 6.07 Å². The molecule has 2 rings (SSSR count). The summed E-state index contributed by atoms with van der Waals surface area (Å²) in [5.74, 6) is -0.322. The van der Waals surface area contributed by atoms with Crippen molar-refractivity contribution in [3.63, 3.8) is 0 Å². The van der Waals surface area contributed by atoms with E-state index in [-0.39, 0.29) is 17.0 Å². The summed E-state index contributed by atoms with van der Waals surface area (Å²) in [4.78, 5) is 0. The molecule has 1 saturated heterocycles. The lowest BCUT2D eigenvalue weighted by molar-refractivity contribution is -0.0805. The van der Waals surface area contributed by atoms with Crippen LogP contribution in [-0.2, 0) is 4.74 Å². The molecule has 4 nitrogen and oxygen atoms in total. The molecule has 0 amide bonds. The van der Waals surface area contributed by atoms with Crippen LogP contribution in [0, 0.1) is 5.82 Å². The van der Waals surface area contributed by atoms with E-state index in [1.54, 1.807) is 12.1 Å². The Hall–Kier alpha value is -1.40. The molecule has 0 saturated carbocycles. The van der Waals surface area contributed by atoms with E-state index in [4.69, 9.17) is 27.4 Å². The number of benzene rings is 1. The van der Waals surface area contributed by atoms with E-state index >= 15 is 0 Å². The summed E-state index contributed by atoms with van der Waals surface area (Å²) in [5, 5.41) is 2.74. The van der Waals surface area contributed by atoms with Gasteiger partial charge in [0.1, 0.15) is 6.10 Å². The highest BCUT2D eigenvalue weighted by atomic mass is 32.1. The molecule has 1 aliphatic rings. The predicted molar refractivity (Wildman–Crippen MR) is 62.0 cm³/mol. The lowest BCUT2D eigenvalue weighted by atomic mass is 10.2. The molecule has 0 bridgehead atoms. The summed E-state index contributed by atoms with van der Waals surface area (Å²) >= 11 is 4.70. The van der Waals surface area contributed by atoms with Gasteiger partial charge in [-0.3, -0.25) is 0 Å². The topological polar surface area (TPSA) is 56.5 Å². The van der Waals surface area contributed by atoms with Gasteiger partial charge >= 0.3 is 0 Å². The maximum Gasteiger partial charge on any atom is 0.179 e. The Morgan fingerprint density at radius 2 is 2.31 bits per heavy atom. The number of nitrogens with one attached hydrogen (secondary N) is 1. The number of nitrogens with two attached hydrogens (primary N) is 1. The number of halogens is 1. The smallest absolute Gasteiger partial charge is 0.179 e. The second-order valence-electron chi connectivity index (χ2n) is 3.38. The summed E-state index contributed by atoms with van der Waals surface area (Å²) in [7, 11) is 0. The van der Waals surface area contributed by atoms with Crippen molar-refractivity contribution in [3.05, 3.63) is 24.0 Å². The molecule has 1 aromatic carbocycles. The Morgan fingerprint density at radius 3 is 2.88 bits per heavy atom.